The molecular formula is C10H14N2O. The van der Waals surface area contributed by atoms with Crippen LogP contribution in [0.2, 0.25) is 0 Å². The van der Waals surface area contributed by atoms with E-state index in [0.29, 0.717) is 0 Å². The van der Waals surface area contributed by atoms with E-state index in [1.54, 1.807) is 6.20 Å². The van der Waals surface area contributed by atoms with E-state index in [4.69, 9.17) is 4.74 Å². The Bertz CT molecular complexity index is 288. The Hall–Kier alpha value is -0.930. The number of aromatic nitrogens is 1. The van der Waals surface area contributed by atoms with E-state index in [1.807, 2.05) is 25.1 Å². The molecule has 1 aliphatic rings. The molecule has 2 unspecified atom stereocenters. The number of ether oxygens (including phenoxy) is 1. The SMILES string of the molecule is CC1CNC(C)(c2ccccn2)O1. The van der Waals surface area contributed by atoms with Gasteiger partial charge < -0.3 is 4.74 Å². The van der Waals surface area contributed by atoms with E-state index in [1.165, 1.54) is 0 Å². The van der Waals surface area contributed by atoms with Gasteiger partial charge in [0.2, 0.25) is 0 Å². The van der Waals surface area contributed by atoms with Crippen molar-refractivity contribution in [2.24, 2.45) is 0 Å². The van der Waals surface area contributed by atoms with Crippen LogP contribution in [0, 0.1) is 0 Å². The van der Waals surface area contributed by atoms with E-state index in [2.05, 4.69) is 17.2 Å². The predicted octanol–water partition coefficient (Wildman–Crippen LogP) is 1.26. The number of nitrogens with one attached hydrogen (secondary N) is 1. The summed E-state index contributed by atoms with van der Waals surface area (Å²) in [6.45, 7) is 4.95. The molecular weight excluding hydrogens is 164 g/mol. The molecule has 0 bridgehead atoms. The van der Waals surface area contributed by atoms with Gasteiger partial charge in [-0.3, -0.25) is 10.3 Å². The third-order valence-corrected chi connectivity index (χ3v) is 2.32. The lowest BCUT2D eigenvalue weighted by molar-refractivity contribution is -0.0373. The van der Waals surface area contributed by atoms with Crippen molar-refractivity contribution in [3.8, 4) is 0 Å². The number of rotatable bonds is 1. The summed E-state index contributed by atoms with van der Waals surface area (Å²) in [5.74, 6) is 0. The second-order valence-corrected chi connectivity index (χ2v) is 3.56. The minimum Gasteiger partial charge on any atom is -0.351 e. The molecule has 3 nitrogen and oxygen atoms in total. The lowest BCUT2D eigenvalue weighted by Gasteiger charge is -2.23. The molecule has 0 aliphatic carbocycles. The largest absolute Gasteiger partial charge is 0.351 e. The maximum Gasteiger partial charge on any atom is 0.159 e. The van der Waals surface area contributed by atoms with E-state index < -0.39 is 5.72 Å². The zero-order valence-electron chi connectivity index (χ0n) is 7.95. The Morgan fingerprint density at radius 3 is 3.00 bits per heavy atom. The molecule has 13 heavy (non-hydrogen) atoms. The van der Waals surface area contributed by atoms with Crippen molar-refractivity contribution in [1.82, 2.24) is 10.3 Å². The highest BCUT2D eigenvalue weighted by atomic mass is 16.5. The first-order valence-electron chi connectivity index (χ1n) is 4.55. The summed E-state index contributed by atoms with van der Waals surface area (Å²) in [6, 6.07) is 5.86. The molecule has 1 aromatic heterocycles. The van der Waals surface area contributed by atoms with Gasteiger partial charge in [-0.15, -0.1) is 0 Å². The summed E-state index contributed by atoms with van der Waals surface area (Å²) in [7, 11) is 0. The van der Waals surface area contributed by atoms with Gasteiger partial charge in [0.15, 0.2) is 5.72 Å². The fourth-order valence-electron chi connectivity index (χ4n) is 1.62. The summed E-state index contributed by atoms with van der Waals surface area (Å²) in [4.78, 5) is 4.28. The minimum absolute atomic E-state index is 0.256. The smallest absolute Gasteiger partial charge is 0.159 e. The van der Waals surface area contributed by atoms with Crippen LogP contribution in [0.1, 0.15) is 19.5 Å². The van der Waals surface area contributed by atoms with Gasteiger partial charge in [-0.1, -0.05) is 6.07 Å². The zero-order valence-corrected chi connectivity index (χ0v) is 7.95. The normalized spacial score (nSPS) is 33.5. The standard InChI is InChI=1S/C10H14N2O/c1-8-7-12-10(2,13-8)9-5-3-4-6-11-9/h3-6,8,12H,7H2,1-2H3. The van der Waals surface area contributed by atoms with E-state index in [-0.39, 0.29) is 6.10 Å². The van der Waals surface area contributed by atoms with Crippen LogP contribution in [0.25, 0.3) is 0 Å². The van der Waals surface area contributed by atoms with Crippen molar-refractivity contribution in [3.05, 3.63) is 30.1 Å². The summed E-state index contributed by atoms with van der Waals surface area (Å²) in [6.07, 6.45) is 2.04. The molecule has 70 valence electrons. The van der Waals surface area contributed by atoms with Crippen LogP contribution in [0.4, 0.5) is 0 Å². The van der Waals surface area contributed by atoms with Gasteiger partial charge in [0.25, 0.3) is 0 Å². The number of nitrogens with zero attached hydrogens (tertiary/aromatic N) is 1. The highest BCUT2D eigenvalue weighted by Gasteiger charge is 2.35. The number of hydrogen-bond donors (Lipinski definition) is 1. The number of hydrogen-bond acceptors (Lipinski definition) is 3. The van der Waals surface area contributed by atoms with Crippen molar-refractivity contribution in [1.29, 1.82) is 0 Å². The molecule has 2 rings (SSSR count). The molecule has 1 aromatic rings. The zero-order chi connectivity index (χ0) is 9.31. The highest BCUT2D eigenvalue weighted by molar-refractivity contribution is 5.12. The molecule has 0 spiro atoms. The third-order valence-electron chi connectivity index (χ3n) is 2.32. The molecule has 0 saturated carbocycles. The van der Waals surface area contributed by atoms with Crippen molar-refractivity contribution >= 4 is 0 Å². The number of pyridine rings is 1. The lowest BCUT2D eigenvalue weighted by Crippen LogP contribution is -2.35. The van der Waals surface area contributed by atoms with Crippen LogP contribution in [-0.2, 0) is 10.5 Å². The Labute approximate surface area is 78.1 Å². The van der Waals surface area contributed by atoms with Gasteiger partial charge in [0.05, 0.1) is 11.8 Å². The van der Waals surface area contributed by atoms with Gasteiger partial charge in [-0.2, -0.15) is 0 Å². The highest BCUT2D eigenvalue weighted by Crippen LogP contribution is 2.25. The topological polar surface area (TPSA) is 34.2 Å². The molecule has 1 saturated heterocycles. The van der Waals surface area contributed by atoms with Crippen LogP contribution in [-0.4, -0.2) is 17.6 Å². The maximum atomic E-state index is 5.76. The second kappa shape index (κ2) is 3.09. The first-order chi connectivity index (χ1) is 6.21. The van der Waals surface area contributed by atoms with Gasteiger partial charge in [0, 0.05) is 12.7 Å². The Kier molecular flexibility index (Phi) is 2.06. The van der Waals surface area contributed by atoms with E-state index in [9.17, 15) is 0 Å². The molecule has 0 aromatic carbocycles. The van der Waals surface area contributed by atoms with Crippen molar-refractivity contribution in [2.75, 3.05) is 6.54 Å². The Balaban J connectivity index is 2.26. The van der Waals surface area contributed by atoms with Crippen LogP contribution in [0.5, 0.6) is 0 Å². The summed E-state index contributed by atoms with van der Waals surface area (Å²) in [5, 5.41) is 3.31. The minimum atomic E-state index is -0.402. The van der Waals surface area contributed by atoms with E-state index in [0.717, 1.165) is 12.2 Å². The fourth-order valence-corrected chi connectivity index (χ4v) is 1.62. The average Bonchev–Trinajstić information content (AvgIpc) is 2.49. The van der Waals surface area contributed by atoms with E-state index >= 15 is 0 Å². The quantitative estimate of drug-likeness (QED) is 0.703. The lowest BCUT2D eigenvalue weighted by atomic mass is 10.1. The second-order valence-electron chi connectivity index (χ2n) is 3.56. The van der Waals surface area contributed by atoms with Crippen molar-refractivity contribution in [3.63, 3.8) is 0 Å². The van der Waals surface area contributed by atoms with Crippen LogP contribution >= 0.6 is 0 Å². The summed E-state index contributed by atoms with van der Waals surface area (Å²) in [5.41, 5.74) is 0.542. The van der Waals surface area contributed by atoms with Crippen LogP contribution < -0.4 is 5.32 Å². The molecule has 1 N–H and O–H groups in total. The van der Waals surface area contributed by atoms with Crippen molar-refractivity contribution < 1.29 is 4.74 Å². The van der Waals surface area contributed by atoms with Crippen LogP contribution in [0.3, 0.4) is 0 Å². The Morgan fingerprint density at radius 2 is 2.46 bits per heavy atom. The third kappa shape index (κ3) is 1.57. The molecule has 0 radical (unpaired) electrons. The summed E-state index contributed by atoms with van der Waals surface area (Å²) >= 11 is 0. The predicted molar refractivity (Wildman–Crippen MR) is 50.1 cm³/mol. The molecule has 1 fully saturated rings. The molecule has 2 heterocycles. The Morgan fingerprint density at radius 1 is 1.62 bits per heavy atom. The van der Waals surface area contributed by atoms with Gasteiger partial charge >= 0.3 is 0 Å². The fraction of sp³-hybridized carbons (Fsp3) is 0.500. The van der Waals surface area contributed by atoms with Gasteiger partial charge in [-0.25, -0.2) is 0 Å². The van der Waals surface area contributed by atoms with Gasteiger partial charge in [-0.05, 0) is 26.0 Å². The van der Waals surface area contributed by atoms with Crippen LogP contribution in [0.15, 0.2) is 24.4 Å². The van der Waals surface area contributed by atoms with Gasteiger partial charge in [0.1, 0.15) is 0 Å². The summed E-state index contributed by atoms with van der Waals surface area (Å²) < 4.78 is 5.76. The molecule has 0 amide bonds. The molecule has 1 aliphatic heterocycles. The van der Waals surface area contributed by atoms with Crippen molar-refractivity contribution in [2.45, 2.75) is 25.7 Å². The molecule has 2 atom stereocenters. The first kappa shape index (κ1) is 8.66. The monoisotopic (exact) mass is 178 g/mol. The maximum absolute atomic E-state index is 5.76. The first-order valence-corrected chi connectivity index (χ1v) is 4.55. The molecule has 3 heteroatoms. The average molecular weight is 178 g/mol.